The van der Waals surface area contributed by atoms with Crippen LogP contribution in [0.15, 0.2) is 54.2 Å². The van der Waals surface area contributed by atoms with Crippen LogP contribution in [-0.4, -0.2) is 53.0 Å². The third kappa shape index (κ3) is 4.49. The average molecular weight is 459 g/mol. The van der Waals surface area contributed by atoms with Gasteiger partial charge in [0.15, 0.2) is 0 Å². The molecule has 2 heterocycles. The van der Waals surface area contributed by atoms with E-state index in [-0.39, 0.29) is 30.9 Å². The fourth-order valence-electron chi connectivity index (χ4n) is 4.30. The first-order valence-electron chi connectivity index (χ1n) is 10.4. The first kappa shape index (κ1) is 21.9. The Morgan fingerprint density at radius 1 is 1.03 bits per heavy atom. The number of carbonyl (C=O) groups is 2. The molecule has 2 aliphatic rings. The Labute approximate surface area is 191 Å². The van der Waals surface area contributed by atoms with Gasteiger partial charge in [0, 0.05) is 36.8 Å². The second-order valence-corrected chi connectivity index (χ2v) is 8.83. The number of hydrogen-bond donors (Lipinski definition) is 1. The molecule has 7 heteroatoms. The summed E-state index contributed by atoms with van der Waals surface area (Å²) in [7, 11) is 0. The van der Waals surface area contributed by atoms with Crippen molar-refractivity contribution in [1.82, 2.24) is 9.80 Å². The number of piperidine rings is 1. The van der Waals surface area contributed by atoms with E-state index in [9.17, 15) is 14.7 Å². The molecule has 5 nitrogen and oxygen atoms in total. The van der Waals surface area contributed by atoms with E-state index in [4.69, 9.17) is 23.2 Å². The van der Waals surface area contributed by atoms with Crippen molar-refractivity contribution in [3.05, 3.63) is 75.4 Å². The van der Waals surface area contributed by atoms with Gasteiger partial charge < -0.3 is 10.0 Å². The van der Waals surface area contributed by atoms with Crippen LogP contribution in [0.2, 0.25) is 10.0 Å². The highest BCUT2D eigenvalue weighted by atomic mass is 35.5. The molecule has 4 rings (SSSR count). The van der Waals surface area contributed by atoms with E-state index in [1.54, 1.807) is 18.2 Å². The van der Waals surface area contributed by atoms with E-state index in [0.29, 0.717) is 46.4 Å². The average Bonchev–Trinajstić information content (AvgIpc) is 3.02. The Kier molecular flexibility index (Phi) is 6.65. The summed E-state index contributed by atoms with van der Waals surface area (Å²) in [6, 6.07) is 14.7. The predicted octanol–water partition coefficient (Wildman–Crippen LogP) is 4.02. The molecule has 0 spiro atoms. The summed E-state index contributed by atoms with van der Waals surface area (Å²) in [5, 5.41) is 10.4. The SMILES string of the molecule is O=C1C(c2ccc(Cl)cc2Cl)=C(N2CCCC(CO)C2)C(=O)N1CCc1ccccc1. The summed E-state index contributed by atoms with van der Waals surface area (Å²) in [4.78, 5) is 30.2. The first-order chi connectivity index (χ1) is 15.0. The zero-order valence-corrected chi connectivity index (χ0v) is 18.6. The molecule has 162 valence electrons. The van der Waals surface area contributed by atoms with E-state index in [1.807, 2.05) is 35.2 Å². The lowest BCUT2D eigenvalue weighted by atomic mass is 9.97. The Balaban J connectivity index is 1.70. The molecule has 0 bridgehead atoms. The summed E-state index contributed by atoms with van der Waals surface area (Å²) in [6.07, 6.45) is 2.32. The van der Waals surface area contributed by atoms with E-state index in [0.717, 1.165) is 18.4 Å². The van der Waals surface area contributed by atoms with Gasteiger partial charge in [-0.15, -0.1) is 0 Å². The van der Waals surface area contributed by atoms with Crippen LogP contribution >= 0.6 is 23.2 Å². The van der Waals surface area contributed by atoms with E-state index in [1.165, 1.54) is 4.90 Å². The lowest BCUT2D eigenvalue weighted by Gasteiger charge is -2.34. The van der Waals surface area contributed by atoms with Crippen LogP contribution in [0.3, 0.4) is 0 Å². The van der Waals surface area contributed by atoms with Gasteiger partial charge in [0.2, 0.25) is 0 Å². The number of imide groups is 1. The molecule has 0 radical (unpaired) electrons. The second-order valence-electron chi connectivity index (χ2n) is 7.98. The summed E-state index contributed by atoms with van der Waals surface area (Å²) in [5.74, 6) is -0.573. The molecule has 2 aromatic rings. The number of aliphatic hydroxyl groups excluding tert-OH is 1. The van der Waals surface area contributed by atoms with Crippen molar-refractivity contribution in [2.24, 2.45) is 5.92 Å². The molecule has 0 aliphatic carbocycles. The summed E-state index contributed by atoms with van der Waals surface area (Å²) >= 11 is 12.5. The molecule has 0 saturated carbocycles. The van der Waals surface area contributed by atoms with Crippen molar-refractivity contribution in [1.29, 1.82) is 0 Å². The number of nitrogens with zero attached hydrogens (tertiary/aromatic N) is 2. The number of halogens is 2. The molecule has 1 N–H and O–H groups in total. The quantitative estimate of drug-likeness (QED) is 0.663. The van der Waals surface area contributed by atoms with Crippen molar-refractivity contribution < 1.29 is 14.7 Å². The summed E-state index contributed by atoms with van der Waals surface area (Å²) in [6.45, 7) is 1.54. The highest BCUT2D eigenvalue weighted by Gasteiger charge is 2.42. The lowest BCUT2D eigenvalue weighted by Crippen LogP contribution is -2.41. The van der Waals surface area contributed by atoms with Gasteiger partial charge in [-0.25, -0.2) is 0 Å². The predicted molar refractivity (Wildman–Crippen MR) is 122 cm³/mol. The Morgan fingerprint density at radius 2 is 1.81 bits per heavy atom. The maximum absolute atomic E-state index is 13.5. The minimum atomic E-state index is -0.341. The van der Waals surface area contributed by atoms with Crippen LogP contribution in [0.25, 0.3) is 5.57 Å². The van der Waals surface area contributed by atoms with Crippen molar-refractivity contribution in [2.45, 2.75) is 19.3 Å². The van der Waals surface area contributed by atoms with Crippen LogP contribution in [-0.2, 0) is 16.0 Å². The van der Waals surface area contributed by atoms with Crippen LogP contribution in [0.4, 0.5) is 0 Å². The highest BCUT2D eigenvalue weighted by Crippen LogP contribution is 2.37. The largest absolute Gasteiger partial charge is 0.396 e. The van der Waals surface area contributed by atoms with Crippen LogP contribution in [0.5, 0.6) is 0 Å². The zero-order valence-electron chi connectivity index (χ0n) is 17.1. The minimum absolute atomic E-state index is 0.0562. The zero-order chi connectivity index (χ0) is 22.0. The van der Waals surface area contributed by atoms with Crippen molar-refractivity contribution in [3.8, 4) is 0 Å². The van der Waals surface area contributed by atoms with E-state index >= 15 is 0 Å². The number of aliphatic hydroxyl groups is 1. The Bertz CT molecular complexity index is 1020. The number of benzene rings is 2. The molecule has 2 aromatic carbocycles. The molecule has 0 aromatic heterocycles. The van der Waals surface area contributed by atoms with Crippen molar-refractivity contribution >= 4 is 40.6 Å². The van der Waals surface area contributed by atoms with Gasteiger partial charge in [-0.1, -0.05) is 59.6 Å². The molecule has 1 atom stereocenters. The van der Waals surface area contributed by atoms with Gasteiger partial charge in [-0.3, -0.25) is 14.5 Å². The maximum atomic E-state index is 13.5. The molecule has 1 fully saturated rings. The summed E-state index contributed by atoms with van der Waals surface area (Å²) < 4.78 is 0. The van der Waals surface area contributed by atoms with Crippen LogP contribution in [0.1, 0.15) is 24.0 Å². The van der Waals surface area contributed by atoms with Gasteiger partial charge in [0.05, 0.1) is 10.6 Å². The van der Waals surface area contributed by atoms with Gasteiger partial charge in [0.25, 0.3) is 11.8 Å². The van der Waals surface area contributed by atoms with Gasteiger partial charge in [-0.2, -0.15) is 0 Å². The van der Waals surface area contributed by atoms with Gasteiger partial charge in [0.1, 0.15) is 5.70 Å². The molecule has 1 unspecified atom stereocenters. The standard InChI is InChI=1S/C24H24Cl2N2O3/c25-18-8-9-19(20(26)13-18)21-22(27-11-4-7-17(14-27)15-29)24(31)28(23(21)30)12-10-16-5-2-1-3-6-16/h1-3,5-6,8-9,13,17,29H,4,7,10-12,14-15H2. The fraction of sp³-hybridized carbons (Fsp3) is 0.333. The Morgan fingerprint density at radius 3 is 2.52 bits per heavy atom. The normalized spacial score (nSPS) is 19.5. The number of amides is 2. The summed E-state index contributed by atoms with van der Waals surface area (Å²) in [5.41, 5.74) is 2.26. The van der Waals surface area contributed by atoms with Crippen molar-refractivity contribution in [3.63, 3.8) is 0 Å². The molecular formula is C24H24Cl2N2O3. The monoisotopic (exact) mass is 458 g/mol. The van der Waals surface area contributed by atoms with Gasteiger partial charge >= 0.3 is 0 Å². The smallest absolute Gasteiger partial charge is 0.277 e. The van der Waals surface area contributed by atoms with Crippen LogP contribution < -0.4 is 0 Å². The molecule has 2 aliphatic heterocycles. The molecule has 31 heavy (non-hydrogen) atoms. The fourth-order valence-corrected chi connectivity index (χ4v) is 4.80. The second kappa shape index (κ2) is 9.43. The third-order valence-electron chi connectivity index (χ3n) is 5.90. The number of likely N-dealkylation sites (tertiary alicyclic amines) is 1. The van der Waals surface area contributed by atoms with Crippen LogP contribution in [0, 0.1) is 5.92 Å². The third-order valence-corrected chi connectivity index (χ3v) is 6.45. The van der Waals surface area contributed by atoms with E-state index < -0.39 is 0 Å². The topological polar surface area (TPSA) is 60.9 Å². The van der Waals surface area contributed by atoms with Crippen molar-refractivity contribution in [2.75, 3.05) is 26.2 Å². The first-order valence-corrected chi connectivity index (χ1v) is 11.2. The number of carbonyl (C=O) groups excluding carboxylic acids is 2. The maximum Gasteiger partial charge on any atom is 0.277 e. The highest BCUT2D eigenvalue weighted by molar-refractivity contribution is 6.41. The van der Waals surface area contributed by atoms with E-state index in [2.05, 4.69) is 0 Å². The number of hydrogen-bond acceptors (Lipinski definition) is 4. The number of rotatable bonds is 6. The van der Waals surface area contributed by atoms with Gasteiger partial charge in [-0.05, 0) is 42.9 Å². The lowest BCUT2D eigenvalue weighted by molar-refractivity contribution is -0.137. The minimum Gasteiger partial charge on any atom is -0.396 e. The molecular weight excluding hydrogens is 435 g/mol. The molecule has 1 saturated heterocycles. The molecule has 2 amide bonds. The Hall–Kier alpha value is -2.34.